The minimum absolute atomic E-state index is 0.0377. The highest BCUT2D eigenvalue weighted by atomic mass is 16.6. The lowest BCUT2D eigenvalue weighted by Gasteiger charge is -2.35. The van der Waals surface area contributed by atoms with Gasteiger partial charge in [0, 0.05) is 24.5 Å². The standard InChI is InChI=1S/C20H30O6/c1-12-9-15(25-17(22)10-12)18(23)20(5,24)8-6-7-13(2)14-11-16(21)19(3,4)26-14/h10-11,13,15,18,23-24H,6-9H2,1-5H3. The van der Waals surface area contributed by atoms with Crippen LogP contribution in [0, 0.1) is 5.92 Å². The molecule has 0 bridgehead atoms. The van der Waals surface area contributed by atoms with E-state index in [1.165, 1.54) is 6.08 Å². The number of aliphatic hydroxyl groups is 2. The fourth-order valence-corrected chi connectivity index (χ4v) is 3.36. The Labute approximate surface area is 154 Å². The van der Waals surface area contributed by atoms with Gasteiger partial charge in [-0.1, -0.05) is 12.5 Å². The predicted octanol–water partition coefficient (Wildman–Crippen LogP) is 2.43. The summed E-state index contributed by atoms with van der Waals surface area (Å²) in [7, 11) is 0. The number of esters is 1. The first kappa shape index (κ1) is 20.6. The third-order valence-corrected chi connectivity index (χ3v) is 5.19. The van der Waals surface area contributed by atoms with Crippen LogP contribution < -0.4 is 0 Å². The lowest BCUT2D eigenvalue weighted by molar-refractivity contribution is -0.166. The summed E-state index contributed by atoms with van der Waals surface area (Å²) in [6.07, 6.45) is 3.16. The molecule has 4 atom stereocenters. The Balaban J connectivity index is 1.86. The summed E-state index contributed by atoms with van der Waals surface area (Å²) < 4.78 is 10.9. The Hall–Kier alpha value is -1.66. The Morgan fingerprint density at radius 3 is 2.54 bits per heavy atom. The van der Waals surface area contributed by atoms with Gasteiger partial charge in [-0.05, 0) is 47.0 Å². The van der Waals surface area contributed by atoms with Crippen LogP contribution >= 0.6 is 0 Å². The van der Waals surface area contributed by atoms with Crippen molar-refractivity contribution in [2.75, 3.05) is 0 Å². The van der Waals surface area contributed by atoms with Gasteiger partial charge >= 0.3 is 5.97 Å². The first-order valence-electron chi connectivity index (χ1n) is 9.15. The molecule has 0 aromatic rings. The third-order valence-electron chi connectivity index (χ3n) is 5.19. The number of ether oxygens (including phenoxy) is 2. The Bertz CT molecular complexity index is 628. The van der Waals surface area contributed by atoms with E-state index >= 15 is 0 Å². The molecule has 2 N–H and O–H groups in total. The molecule has 4 unspecified atom stereocenters. The lowest BCUT2D eigenvalue weighted by Crippen LogP contribution is -2.49. The summed E-state index contributed by atoms with van der Waals surface area (Å²) in [5, 5.41) is 21.1. The molecule has 0 aromatic carbocycles. The van der Waals surface area contributed by atoms with E-state index in [0.717, 1.165) is 5.57 Å². The molecule has 6 heteroatoms. The summed E-state index contributed by atoms with van der Waals surface area (Å²) in [5.74, 6) is 0.192. The van der Waals surface area contributed by atoms with E-state index in [0.29, 0.717) is 31.4 Å². The van der Waals surface area contributed by atoms with Gasteiger partial charge < -0.3 is 19.7 Å². The summed E-state index contributed by atoms with van der Waals surface area (Å²) in [6.45, 7) is 8.82. The molecule has 0 aromatic heterocycles. The molecule has 6 nitrogen and oxygen atoms in total. The van der Waals surface area contributed by atoms with Gasteiger partial charge in [-0.2, -0.15) is 0 Å². The molecular weight excluding hydrogens is 336 g/mol. The molecule has 0 fully saturated rings. The number of rotatable bonds is 7. The molecule has 2 aliphatic heterocycles. The van der Waals surface area contributed by atoms with Gasteiger partial charge in [0.15, 0.2) is 5.60 Å². The van der Waals surface area contributed by atoms with Crippen molar-refractivity contribution in [1.82, 2.24) is 0 Å². The van der Waals surface area contributed by atoms with Crippen LogP contribution in [0.25, 0.3) is 0 Å². The largest absolute Gasteiger partial charge is 0.484 e. The zero-order valence-corrected chi connectivity index (χ0v) is 16.2. The van der Waals surface area contributed by atoms with Crippen molar-refractivity contribution in [1.29, 1.82) is 0 Å². The molecular formula is C20H30O6. The van der Waals surface area contributed by atoms with Crippen LogP contribution in [0.4, 0.5) is 0 Å². The smallest absolute Gasteiger partial charge is 0.331 e. The number of cyclic esters (lactones) is 1. The molecule has 0 amide bonds. The van der Waals surface area contributed by atoms with Crippen LogP contribution in [0.1, 0.15) is 60.3 Å². The Kier molecular flexibility index (Phi) is 5.98. The highest BCUT2D eigenvalue weighted by Crippen LogP contribution is 2.33. The van der Waals surface area contributed by atoms with Gasteiger partial charge in [-0.3, -0.25) is 4.79 Å². The molecule has 0 saturated carbocycles. The van der Waals surface area contributed by atoms with E-state index in [2.05, 4.69) is 0 Å². The second kappa shape index (κ2) is 7.53. The maximum absolute atomic E-state index is 11.8. The monoisotopic (exact) mass is 366 g/mol. The minimum atomic E-state index is -1.37. The molecule has 146 valence electrons. The summed E-state index contributed by atoms with van der Waals surface area (Å²) >= 11 is 0. The van der Waals surface area contributed by atoms with Gasteiger partial charge in [0.05, 0.1) is 5.60 Å². The fourth-order valence-electron chi connectivity index (χ4n) is 3.36. The molecule has 0 radical (unpaired) electrons. The maximum Gasteiger partial charge on any atom is 0.331 e. The average Bonchev–Trinajstić information content (AvgIpc) is 2.79. The van der Waals surface area contributed by atoms with Crippen molar-refractivity contribution in [2.24, 2.45) is 5.92 Å². The number of hydrogen-bond donors (Lipinski definition) is 2. The normalized spacial score (nSPS) is 27.0. The second-order valence-corrected chi connectivity index (χ2v) is 8.29. The van der Waals surface area contributed by atoms with Gasteiger partial charge in [-0.15, -0.1) is 0 Å². The number of carbonyl (C=O) groups excluding carboxylic acids is 2. The SMILES string of the molecule is CC1=CC(=O)OC(C(O)C(C)(O)CCCC(C)C2=CC(=O)C(C)(C)O2)C1. The van der Waals surface area contributed by atoms with Gasteiger partial charge in [0.2, 0.25) is 5.78 Å². The quantitative estimate of drug-likeness (QED) is 0.672. The van der Waals surface area contributed by atoms with Crippen molar-refractivity contribution in [3.05, 3.63) is 23.5 Å². The number of ketones is 1. The van der Waals surface area contributed by atoms with Crippen molar-refractivity contribution >= 4 is 11.8 Å². The fraction of sp³-hybridized carbons (Fsp3) is 0.700. The van der Waals surface area contributed by atoms with E-state index in [1.54, 1.807) is 33.8 Å². The van der Waals surface area contributed by atoms with Crippen LogP contribution in [0.15, 0.2) is 23.5 Å². The molecule has 2 rings (SSSR count). The van der Waals surface area contributed by atoms with E-state index in [4.69, 9.17) is 9.47 Å². The van der Waals surface area contributed by atoms with E-state index in [-0.39, 0.29) is 11.7 Å². The molecule has 0 saturated heterocycles. The third kappa shape index (κ3) is 4.74. The van der Waals surface area contributed by atoms with Crippen LogP contribution in [-0.4, -0.2) is 45.4 Å². The van der Waals surface area contributed by atoms with E-state index < -0.39 is 29.4 Å². The van der Waals surface area contributed by atoms with Crippen LogP contribution in [-0.2, 0) is 19.1 Å². The van der Waals surface area contributed by atoms with E-state index in [9.17, 15) is 19.8 Å². The Morgan fingerprint density at radius 1 is 1.35 bits per heavy atom. The topological polar surface area (TPSA) is 93.1 Å². The first-order valence-corrected chi connectivity index (χ1v) is 9.15. The zero-order chi connectivity index (χ0) is 19.7. The van der Waals surface area contributed by atoms with Crippen LogP contribution in [0.2, 0.25) is 0 Å². The van der Waals surface area contributed by atoms with Gasteiger partial charge in [-0.25, -0.2) is 4.79 Å². The highest BCUT2D eigenvalue weighted by Gasteiger charge is 2.40. The average molecular weight is 366 g/mol. The molecule has 0 aliphatic carbocycles. The first-order chi connectivity index (χ1) is 11.9. The van der Waals surface area contributed by atoms with Crippen molar-refractivity contribution in [3.8, 4) is 0 Å². The summed E-state index contributed by atoms with van der Waals surface area (Å²) in [5.41, 5.74) is -1.35. The van der Waals surface area contributed by atoms with Gasteiger partial charge in [0.1, 0.15) is 18.0 Å². The molecule has 2 heterocycles. The number of allylic oxidation sites excluding steroid dienone is 1. The Morgan fingerprint density at radius 2 is 2.00 bits per heavy atom. The minimum Gasteiger partial charge on any atom is -0.484 e. The molecule has 26 heavy (non-hydrogen) atoms. The molecule has 0 spiro atoms. The van der Waals surface area contributed by atoms with Crippen molar-refractivity contribution < 1.29 is 29.3 Å². The van der Waals surface area contributed by atoms with Crippen LogP contribution in [0.5, 0.6) is 0 Å². The summed E-state index contributed by atoms with van der Waals surface area (Å²) in [6, 6.07) is 0. The second-order valence-electron chi connectivity index (χ2n) is 8.29. The highest BCUT2D eigenvalue weighted by molar-refractivity contribution is 5.98. The lowest BCUT2D eigenvalue weighted by atomic mass is 9.85. The molecule has 2 aliphatic rings. The number of aliphatic hydroxyl groups excluding tert-OH is 1. The maximum atomic E-state index is 11.8. The number of hydrogen-bond acceptors (Lipinski definition) is 6. The van der Waals surface area contributed by atoms with Crippen molar-refractivity contribution in [3.63, 3.8) is 0 Å². The zero-order valence-electron chi connectivity index (χ0n) is 16.2. The predicted molar refractivity (Wildman–Crippen MR) is 96.2 cm³/mol. The summed E-state index contributed by atoms with van der Waals surface area (Å²) in [4.78, 5) is 23.3. The van der Waals surface area contributed by atoms with Crippen LogP contribution in [0.3, 0.4) is 0 Å². The van der Waals surface area contributed by atoms with E-state index in [1.807, 2.05) is 6.92 Å². The van der Waals surface area contributed by atoms with Crippen molar-refractivity contribution in [2.45, 2.75) is 83.7 Å². The number of carbonyl (C=O) groups is 2. The van der Waals surface area contributed by atoms with Gasteiger partial charge in [0.25, 0.3) is 0 Å².